The van der Waals surface area contributed by atoms with Crippen LogP contribution in [0.1, 0.15) is 36.2 Å². The van der Waals surface area contributed by atoms with Crippen LogP contribution in [0, 0.1) is 5.92 Å². The van der Waals surface area contributed by atoms with E-state index >= 15 is 0 Å². The quantitative estimate of drug-likeness (QED) is 0.802. The first-order valence-electron chi connectivity index (χ1n) is 7.23. The Kier molecular flexibility index (Phi) is 4.96. The van der Waals surface area contributed by atoms with Gasteiger partial charge in [-0.2, -0.15) is 0 Å². The van der Waals surface area contributed by atoms with Crippen LogP contribution >= 0.6 is 0 Å². The van der Waals surface area contributed by atoms with Crippen molar-refractivity contribution in [2.24, 2.45) is 5.92 Å². The lowest BCUT2D eigenvalue weighted by atomic mass is 9.97. The molecule has 114 valence electrons. The maximum absolute atomic E-state index is 12.3. The number of aliphatic hydroxyl groups is 1. The number of carbonyl (C=O) groups is 2. The molecule has 0 unspecified atom stereocenters. The predicted molar refractivity (Wildman–Crippen MR) is 77.8 cm³/mol. The molecule has 0 aromatic heterocycles. The zero-order valence-electron chi connectivity index (χ0n) is 12.3. The Hall–Kier alpha value is -1.88. The minimum atomic E-state index is -0.799. The number of esters is 1. The van der Waals surface area contributed by atoms with Crippen LogP contribution < -0.4 is 5.32 Å². The Bertz CT molecular complexity index is 527. The molecule has 2 atom stereocenters. The van der Waals surface area contributed by atoms with Crippen molar-refractivity contribution in [2.75, 3.05) is 6.61 Å². The number of carbonyl (C=O) groups excluding carboxylic acids is 2. The molecule has 2 N–H and O–H groups in total. The van der Waals surface area contributed by atoms with Crippen molar-refractivity contribution in [1.29, 1.82) is 0 Å². The summed E-state index contributed by atoms with van der Waals surface area (Å²) in [4.78, 5) is 24.2. The van der Waals surface area contributed by atoms with Gasteiger partial charge < -0.3 is 15.2 Å². The summed E-state index contributed by atoms with van der Waals surface area (Å²) in [7, 11) is 0. The van der Waals surface area contributed by atoms with E-state index in [1.165, 1.54) is 0 Å². The number of ether oxygens (including phenoxy) is 1. The zero-order chi connectivity index (χ0) is 15.4. The Morgan fingerprint density at radius 1 is 1.43 bits per heavy atom. The van der Waals surface area contributed by atoms with Crippen LogP contribution in [0.3, 0.4) is 0 Å². The maximum Gasteiger partial charge on any atom is 0.339 e. The number of rotatable bonds is 5. The van der Waals surface area contributed by atoms with E-state index in [9.17, 15) is 9.59 Å². The van der Waals surface area contributed by atoms with Crippen LogP contribution in [0.2, 0.25) is 0 Å². The summed E-state index contributed by atoms with van der Waals surface area (Å²) < 4.78 is 5.22. The maximum atomic E-state index is 12.3. The predicted octanol–water partition coefficient (Wildman–Crippen LogP) is 1.29. The second-order valence-corrected chi connectivity index (χ2v) is 5.63. The highest BCUT2D eigenvalue weighted by Crippen LogP contribution is 2.21. The van der Waals surface area contributed by atoms with Crippen LogP contribution in [-0.2, 0) is 16.0 Å². The molecule has 5 heteroatoms. The molecular formula is C16H21NO4. The van der Waals surface area contributed by atoms with Gasteiger partial charge in [-0.05, 0) is 24.0 Å². The van der Waals surface area contributed by atoms with Crippen molar-refractivity contribution in [3.05, 3.63) is 35.4 Å². The van der Waals surface area contributed by atoms with E-state index < -0.39 is 12.1 Å². The molecule has 0 spiro atoms. The molecule has 0 saturated carbocycles. The molecule has 5 nitrogen and oxygen atoms in total. The topological polar surface area (TPSA) is 75.6 Å². The largest absolute Gasteiger partial charge is 0.448 e. The van der Waals surface area contributed by atoms with Crippen LogP contribution in [0.15, 0.2) is 24.3 Å². The second-order valence-electron chi connectivity index (χ2n) is 5.63. The smallest absolute Gasteiger partial charge is 0.339 e. The first-order chi connectivity index (χ1) is 10.0. The highest BCUT2D eigenvalue weighted by molar-refractivity contribution is 5.95. The number of hydrogen-bond acceptors (Lipinski definition) is 4. The molecular weight excluding hydrogens is 270 g/mol. The third kappa shape index (κ3) is 3.61. The fourth-order valence-corrected chi connectivity index (χ4v) is 2.46. The van der Waals surface area contributed by atoms with Gasteiger partial charge in [0, 0.05) is 19.1 Å². The normalized spacial score (nSPS) is 18.9. The fraction of sp³-hybridized carbons (Fsp3) is 0.500. The summed E-state index contributed by atoms with van der Waals surface area (Å²) >= 11 is 0. The van der Waals surface area contributed by atoms with Gasteiger partial charge in [0.2, 0.25) is 0 Å². The third-order valence-electron chi connectivity index (χ3n) is 3.76. The van der Waals surface area contributed by atoms with E-state index in [4.69, 9.17) is 9.84 Å². The third-order valence-corrected chi connectivity index (χ3v) is 3.76. The Morgan fingerprint density at radius 3 is 2.81 bits per heavy atom. The zero-order valence-corrected chi connectivity index (χ0v) is 12.3. The van der Waals surface area contributed by atoms with Crippen molar-refractivity contribution in [1.82, 2.24) is 5.32 Å². The lowest BCUT2D eigenvalue weighted by molar-refractivity contribution is -0.131. The molecule has 21 heavy (non-hydrogen) atoms. The highest BCUT2D eigenvalue weighted by Gasteiger charge is 2.32. The highest BCUT2D eigenvalue weighted by atomic mass is 16.5. The van der Waals surface area contributed by atoms with Gasteiger partial charge >= 0.3 is 5.97 Å². The van der Waals surface area contributed by atoms with E-state index in [1.54, 1.807) is 12.1 Å². The number of fused-ring (bicyclic) bond motifs is 1. The number of cyclic esters (lactones) is 1. The molecule has 1 heterocycles. The average Bonchev–Trinajstić information content (AvgIpc) is 2.46. The van der Waals surface area contributed by atoms with Gasteiger partial charge in [-0.15, -0.1) is 0 Å². The summed E-state index contributed by atoms with van der Waals surface area (Å²) in [5, 5.41) is 11.9. The molecule has 0 bridgehead atoms. The van der Waals surface area contributed by atoms with Gasteiger partial charge in [0.15, 0.2) is 6.10 Å². The van der Waals surface area contributed by atoms with E-state index in [0.717, 1.165) is 5.56 Å². The van der Waals surface area contributed by atoms with Crippen LogP contribution in [0.4, 0.5) is 0 Å². The number of hydrogen-bond donors (Lipinski definition) is 2. The Morgan fingerprint density at radius 2 is 2.14 bits per heavy atom. The molecule has 1 aliphatic rings. The van der Waals surface area contributed by atoms with Gasteiger partial charge in [0.05, 0.1) is 5.56 Å². The summed E-state index contributed by atoms with van der Waals surface area (Å²) in [5.41, 5.74) is 1.36. The molecule has 1 amide bonds. The standard InChI is InChI=1S/C16H21NO4/c1-10(2)13(7-8-18)17-15(19)14-9-11-5-3-4-6-12(11)16(20)21-14/h3-6,10,13-14,18H,7-9H2,1-2H3,(H,17,19)/t13-,14-/m1/s1. The fourth-order valence-electron chi connectivity index (χ4n) is 2.46. The summed E-state index contributed by atoms with van der Waals surface area (Å²) in [6.07, 6.45) is 0.0746. The summed E-state index contributed by atoms with van der Waals surface area (Å²) in [6, 6.07) is 7.03. The average molecular weight is 291 g/mol. The van der Waals surface area contributed by atoms with Gasteiger partial charge in [-0.3, -0.25) is 4.79 Å². The van der Waals surface area contributed by atoms with Crippen LogP contribution in [0.5, 0.6) is 0 Å². The van der Waals surface area contributed by atoms with Crippen LogP contribution in [0.25, 0.3) is 0 Å². The molecule has 1 aromatic rings. The van der Waals surface area contributed by atoms with E-state index in [1.807, 2.05) is 26.0 Å². The molecule has 0 saturated heterocycles. The van der Waals surface area contributed by atoms with Crippen molar-refractivity contribution in [3.8, 4) is 0 Å². The minimum absolute atomic E-state index is 0.0103. The van der Waals surface area contributed by atoms with Gasteiger partial charge in [0.1, 0.15) is 0 Å². The van der Waals surface area contributed by atoms with Crippen LogP contribution in [-0.4, -0.2) is 35.7 Å². The lowest BCUT2D eigenvalue weighted by Crippen LogP contribution is -2.47. The molecule has 0 radical (unpaired) electrons. The first-order valence-corrected chi connectivity index (χ1v) is 7.23. The van der Waals surface area contributed by atoms with E-state index in [0.29, 0.717) is 18.4 Å². The summed E-state index contributed by atoms with van der Waals surface area (Å²) in [6.45, 7) is 3.96. The Balaban J connectivity index is 2.06. The number of nitrogens with one attached hydrogen (secondary N) is 1. The van der Waals surface area contributed by atoms with Gasteiger partial charge in [-0.25, -0.2) is 4.79 Å². The summed E-state index contributed by atoms with van der Waals surface area (Å²) in [5.74, 6) is -0.557. The molecule has 2 rings (SSSR count). The van der Waals surface area contributed by atoms with Crippen molar-refractivity contribution < 1.29 is 19.4 Å². The second kappa shape index (κ2) is 6.72. The number of aliphatic hydroxyl groups excluding tert-OH is 1. The number of benzene rings is 1. The monoisotopic (exact) mass is 291 g/mol. The molecule has 0 fully saturated rings. The lowest BCUT2D eigenvalue weighted by Gasteiger charge is -2.27. The first kappa shape index (κ1) is 15.5. The van der Waals surface area contributed by atoms with Crippen molar-refractivity contribution in [2.45, 2.75) is 38.8 Å². The molecule has 1 aromatic carbocycles. The van der Waals surface area contributed by atoms with Gasteiger partial charge in [0.25, 0.3) is 5.91 Å². The van der Waals surface area contributed by atoms with E-state index in [-0.39, 0.29) is 24.5 Å². The van der Waals surface area contributed by atoms with Crippen molar-refractivity contribution >= 4 is 11.9 Å². The molecule has 1 aliphatic heterocycles. The SMILES string of the molecule is CC(C)[C@@H](CCO)NC(=O)[C@H]1Cc2ccccc2C(=O)O1. The van der Waals surface area contributed by atoms with Crippen molar-refractivity contribution in [3.63, 3.8) is 0 Å². The number of amides is 1. The van der Waals surface area contributed by atoms with Gasteiger partial charge in [-0.1, -0.05) is 32.0 Å². The van der Waals surface area contributed by atoms with E-state index in [2.05, 4.69) is 5.32 Å². The minimum Gasteiger partial charge on any atom is -0.448 e. The Labute approximate surface area is 124 Å². The molecule has 0 aliphatic carbocycles.